The number of hydrogen-bond donors (Lipinski definition) is 1. The lowest BCUT2D eigenvalue weighted by molar-refractivity contribution is 0.230. The van der Waals surface area contributed by atoms with Crippen molar-refractivity contribution in [1.82, 2.24) is 20.0 Å². The zero-order valence-corrected chi connectivity index (χ0v) is 12.8. The van der Waals surface area contributed by atoms with Gasteiger partial charge in [0.25, 0.3) is 0 Å². The molecule has 1 aliphatic heterocycles. The third-order valence-corrected chi connectivity index (χ3v) is 4.02. The summed E-state index contributed by atoms with van der Waals surface area (Å²) in [7, 11) is 2.06. The fourth-order valence-corrected chi connectivity index (χ4v) is 2.81. The van der Waals surface area contributed by atoms with Crippen molar-refractivity contribution in [2.24, 2.45) is 7.05 Å². The van der Waals surface area contributed by atoms with E-state index in [4.69, 9.17) is 0 Å². The molecule has 1 aliphatic rings. The van der Waals surface area contributed by atoms with Crippen LogP contribution < -0.4 is 5.32 Å². The molecule has 108 valence electrons. The molecule has 2 heterocycles. The normalized spacial score (nSPS) is 20.6. The molecule has 0 amide bonds. The number of aromatic nitrogens is 2. The van der Waals surface area contributed by atoms with Crippen LogP contribution in [0.25, 0.3) is 0 Å². The molecule has 19 heavy (non-hydrogen) atoms. The number of hydrogen-bond acceptors (Lipinski definition) is 3. The molecular formula is C15H28N4. The van der Waals surface area contributed by atoms with Gasteiger partial charge in [0.15, 0.2) is 0 Å². The van der Waals surface area contributed by atoms with Crippen LogP contribution in [0.3, 0.4) is 0 Å². The molecule has 1 fully saturated rings. The smallest absolute Gasteiger partial charge is 0.0625 e. The van der Waals surface area contributed by atoms with E-state index in [2.05, 4.69) is 49.2 Å². The third-order valence-electron chi connectivity index (χ3n) is 4.02. The van der Waals surface area contributed by atoms with E-state index in [1.165, 1.54) is 30.8 Å². The van der Waals surface area contributed by atoms with Crippen LogP contribution in [0.4, 0.5) is 0 Å². The summed E-state index contributed by atoms with van der Waals surface area (Å²) in [4.78, 5) is 2.60. The SMILES string of the molecule is CCc1cc(CN2CCCC2CNC(C)C)n(C)n1. The monoisotopic (exact) mass is 264 g/mol. The van der Waals surface area contributed by atoms with E-state index in [-0.39, 0.29) is 0 Å². The maximum atomic E-state index is 4.54. The van der Waals surface area contributed by atoms with E-state index in [1.807, 2.05) is 4.68 Å². The minimum atomic E-state index is 0.575. The van der Waals surface area contributed by atoms with Crippen LogP contribution in [0.2, 0.25) is 0 Å². The van der Waals surface area contributed by atoms with Crippen molar-refractivity contribution in [3.05, 3.63) is 17.5 Å². The van der Waals surface area contributed by atoms with Crippen LogP contribution >= 0.6 is 0 Å². The molecule has 0 aromatic carbocycles. The molecule has 1 aromatic heterocycles. The van der Waals surface area contributed by atoms with Crippen LogP contribution in [0, 0.1) is 0 Å². The summed E-state index contributed by atoms with van der Waals surface area (Å²) in [5.41, 5.74) is 2.54. The van der Waals surface area contributed by atoms with E-state index in [0.717, 1.165) is 19.5 Å². The summed E-state index contributed by atoms with van der Waals surface area (Å²) >= 11 is 0. The van der Waals surface area contributed by atoms with Crippen LogP contribution in [-0.2, 0) is 20.0 Å². The van der Waals surface area contributed by atoms with Crippen molar-refractivity contribution in [1.29, 1.82) is 0 Å². The van der Waals surface area contributed by atoms with Crippen molar-refractivity contribution >= 4 is 0 Å². The number of likely N-dealkylation sites (tertiary alicyclic amines) is 1. The highest BCUT2D eigenvalue weighted by molar-refractivity contribution is 5.10. The average Bonchev–Trinajstić information content (AvgIpc) is 2.95. The first-order valence-corrected chi connectivity index (χ1v) is 7.59. The number of rotatable bonds is 6. The zero-order valence-electron chi connectivity index (χ0n) is 12.8. The van der Waals surface area contributed by atoms with Gasteiger partial charge < -0.3 is 5.32 Å². The zero-order chi connectivity index (χ0) is 13.8. The minimum Gasteiger partial charge on any atom is -0.313 e. The maximum Gasteiger partial charge on any atom is 0.0625 e. The predicted octanol–water partition coefficient (Wildman–Crippen LogP) is 1.94. The van der Waals surface area contributed by atoms with Gasteiger partial charge in [-0.3, -0.25) is 9.58 Å². The van der Waals surface area contributed by atoms with Crippen molar-refractivity contribution < 1.29 is 0 Å². The molecule has 4 nitrogen and oxygen atoms in total. The molecule has 1 atom stereocenters. The molecule has 2 rings (SSSR count). The van der Waals surface area contributed by atoms with Gasteiger partial charge in [-0.05, 0) is 31.9 Å². The molecule has 0 aliphatic carbocycles. The van der Waals surface area contributed by atoms with Gasteiger partial charge >= 0.3 is 0 Å². The Bertz CT molecular complexity index is 397. The molecule has 1 unspecified atom stereocenters. The maximum absolute atomic E-state index is 4.54. The quantitative estimate of drug-likeness (QED) is 0.852. The van der Waals surface area contributed by atoms with E-state index in [1.54, 1.807) is 0 Å². The van der Waals surface area contributed by atoms with Crippen LogP contribution in [0.1, 0.15) is 45.0 Å². The highest BCUT2D eigenvalue weighted by Crippen LogP contribution is 2.20. The fourth-order valence-electron chi connectivity index (χ4n) is 2.81. The highest BCUT2D eigenvalue weighted by Gasteiger charge is 2.25. The number of nitrogens with zero attached hydrogens (tertiary/aromatic N) is 3. The number of aryl methyl sites for hydroxylation is 2. The lowest BCUT2D eigenvalue weighted by Gasteiger charge is -2.25. The molecule has 1 aromatic rings. The van der Waals surface area contributed by atoms with E-state index in [0.29, 0.717) is 12.1 Å². The Morgan fingerprint density at radius 2 is 2.26 bits per heavy atom. The van der Waals surface area contributed by atoms with Crippen molar-refractivity contribution in [3.8, 4) is 0 Å². The minimum absolute atomic E-state index is 0.575. The van der Waals surface area contributed by atoms with Crippen LogP contribution in [0.5, 0.6) is 0 Å². The van der Waals surface area contributed by atoms with E-state index < -0.39 is 0 Å². The summed E-state index contributed by atoms with van der Waals surface area (Å²) < 4.78 is 2.05. The Hall–Kier alpha value is -0.870. The summed E-state index contributed by atoms with van der Waals surface area (Å²) in [6, 6.07) is 3.51. The van der Waals surface area contributed by atoms with E-state index >= 15 is 0 Å². The average molecular weight is 264 g/mol. The third kappa shape index (κ3) is 3.80. The van der Waals surface area contributed by atoms with Gasteiger partial charge in [0.1, 0.15) is 0 Å². The number of nitrogens with one attached hydrogen (secondary N) is 1. The molecule has 1 N–H and O–H groups in total. The van der Waals surface area contributed by atoms with Crippen LogP contribution in [-0.4, -0.2) is 39.9 Å². The second-order valence-electron chi connectivity index (χ2n) is 5.93. The molecule has 4 heteroatoms. The second kappa shape index (κ2) is 6.53. The Balaban J connectivity index is 1.94. The highest BCUT2D eigenvalue weighted by atomic mass is 15.3. The van der Waals surface area contributed by atoms with Gasteiger partial charge in [0, 0.05) is 32.2 Å². The Kier molecular flexibility index (Phi) is 4.99. The second-order valence-corrected chi connectivity index (χ2v) is 5.93. The van der Waals surface area contributed by atoms with Crippen LogP contribution in [0.15, 0.2) is 6.07 Å². The summed E-state index contributed by atoms with van der Waals surface area (Å²) in [5, 5.41) is 8.11. The Morgan fingerprint density at radius 3 is 2.89 bits per heavy atom. The lowest BCUT2D eigenvalue weighted by Crippen LogP contribution is -2.40. The Morgan fingerprint density at radius 1 is 1.47 bits per heavy atom. The molecule has 0 bridgehead atoms. The fraction of sp³-hybridized carbons (Fsp3) is 0.800. The first kappa shape index (κ1) is 14.5. The summed E-state index contributed by atoms with van der Waals surface area (Å²) in [5.74, 6) is 0. The molecule has 1 saturated heterocycles. The van der Waals surface area contributed by atoms with Gasteiger partial charge in [-0.2, -0.15) is 5.10 Å². The van der Waals surface area contributed by atoms with Gasteiger partial charge in [-0.25, -0.2) is 0 Å². The van der Waals surface area contributed by atoms with Crippen molar-refractivity contribution in [3.63, 3.8) is 0 Å². The molecule has 0 saturated carbocycles. The summed E-state index contributed by atoms with van der Waals surface area (Å²) in [6.07, 6.45) is 3.66. The van der Waals surface area contributed by atoms with Gasteiger partial charge in [0.2, 0.25) is 0 Å². The predicted molar refractivity (Wildman–Crippen MR) is 79.2 cm³/mol. The first-order valence-electron chi connectivity index (χ1n) is 7.59. The molecular weight excluding hydrogens is 236 g/mol. The standard InChI is InChI=1S/C15H28N4/c1-5-13-9-15(18(4)17-13)11-19-8-6-7-14(19)10-16-12(2)3/h9,12,14,16H,5-8,10-11H2,1-4H3. The van der Waals surface area contributed by atoms with Gasteiger partial charge in [-0.1, -0.05) is 20.8 Å². The van der Waals surface area contributed by atoms with Gasteiger partial charge in [0.05, 0.1) is 11.4 Å². The topological polar surface area (TPSA) is 33.1 Å². The largest absolute Gasteiger partial charge is 0.313 e. The van der Waals surface area contributed by atoms with Gasteiger partial charge in [-0.15, -0.1) is 0 Å². The Labute approximate surface area is 117 Å². The van der Waals surface area contributed by atoms with Crippen molar-refractivity contribution in [2.75, 3.05) is 13.1 Å². The molecule has 0 spiro atoms. The lowest BCUT2D eigenvalue weighted by atomic mass is 10.2. The first-order chi connectivity index (χ1) is 9.10. The molecule has 0 radical (unpaired) electrons. The van der Waals surface area contributed by atoms with Crippen molar-refractivity contribution in [2.45, 2.75) is 58.7 Å². The summed E-state index contributed by atoms with van der Waals surface area (Å²) in [6.45, 7) is 9.96. The van der Waals surface area contributed by atoms with E-state index in [9.17, 15) is 0 Å².